The number of nitrogens with zero attached hydrogens (tertiary/aromatic N) is 3. The second-order valence-electron chi connectivity index (χ2n) is 7.80. The highest BCUT2D eigenvalue weighted by atomic mass is 32.2. The normalized spacial score (nSPS) is 14.7. The van der Waals surface area contributed by atoms with E-state index in [1.54, 1.807) is 0 Å². The molecule has 0 spiro atoms. The van der Waals surface area contributed by atoms with E-state index in [1.165, 1.54) is 41.5 Å². The van der Waals surface area contributed by atoms with E-state index in [4.69, 9.17) is 9.72 Å². The number of carbonyl (C=O) groups excluding carboxylic acids is 1. The van der Waals surface area contributed by atoms with Crippen LogP contribution in [-0.2, 0) is 17.6 Å². The molecule has 3 aromatic rings. The fourth-order valence-corrected chi connectivity index (χ4v) is 5.57. The van der Waals surface area contributed by atoms with Gasteiger partial charge in [0.05, 0.1) is 27.6 Å². The van der Waals surface area contributed by atoms with Gasteiger partial charge >= 0.3 is 0 Å². The molecule has 6 nitrogen and oxygen atoms in total. The summed E-state index contributed by atoms with van der Waals surface area (Å²) in [6.07, 6.45) is 6.61. The zero-order chi connectivity index (χ0) is 22.5. The minimum Gasteiger partial charge on any atom is -0.494 e. The Labute approximate surface area is 196 Å². The lowest BCUT2D eigenvalue weighted by Crippen LogP contribution is -2.22. The third-order valence-corrected chi connectivity index (χ3v) is 7.48. The van der Waals surface area contributed by atoms with E-state index in [2.05, 4.69) is 16.4 Å². The van der Waals surface area contributed by atoms with Crippen LogP contribution in [-0.4, -0.2) is 27.7 Å². The Morgan fingerprint density at radius 3 is 2.84 bits per heavy atom. The number of pyridine rings is 1. The van der Waals surface area contributed by atoms with Gasteiger partial charge in [0.25, 0.3) is 0 Å². The Bertz CT molecular complexity index is 1170. The van der Waals surface area contributed by atoms with E-state index in [-0.39, 0.29) is 5.91 Å². The topological polar surface area (TPSA) is 87.9 Å². The van der Waals surface area contributed by atoms with Gasteiger partial charge in [-0.2, -0.15) is 5.26 Å². The van der Waals surface area contributed by atoms with Gasteiger partial charge in [0.15, 0.2) is 5.13 Å². The van der Waals surface area contributed by atoms with Gasteiger partial charge in [-0.15, -0.1) is 0 Å². The third-order valence-electron chi connectivity index (χ3n) is 5.44. The molecule has 1 amide bonds. The minimum absolute atomic E-state index is 0.156. The molecule has 166 valence electrons. The van der Waals surface area contributed by atoms with Crippen LogP contribution in [0.15, 0.2) is 29.3 Å². The van der Waals surface area contributed by atoms with E-state index in [0.29, 0.717) is 22.3 Å². The van der Waals surface area contributed by atoms with Crippen molar-refractivity contribution in [2.24, 2.45) is 0 Å². The molecular formula is C24H26N4O2S2. The first-order valence-electron chi connectivity index (χ1n) is 11.0. The summed E-state index contributed by atoms with van der Waals surface area (Å²) < 4.78 is 6.50. The predicted octanol–water partition coefficient (Wildman–Crippen LogP) is 5.74. The molecule has 0 saturated heterocycles. The molecule has 1 atom stereocenters. The number of fused-ring (bicyclic) bond motifs is 2. The summed E-state index contributed by atoms with van der Waals surface area (Å²) in [7, 11) is 0. The van der Waals surface area contributed by atoms with Gasteiger partial charge in [-0.05, 0) is 69.4 Å². The molecule has 1 N–H and O–H groups in total. The quantitative estimate of drug-likeness (QED) is 0.466. The maximum Gasteiger partial charge on any atom is 0.239 e. The number of rotatable bonds is 6. The van der Waals surface area contributed by atoms with E-state index >= 15 is 0 Å². The SMILES string of the molecule is CCOc1ccc2nc(NC(=O)C(C)Sc3nc4c(cc3C#N)CCCCCC4)sc2c1. The van der Waals surface area contributed by atoms with E-state index in [9.17, 15) is 10.1 Å². The number of nitriles is 1. The molecule has 0 radical (unpaired) electrons. The van der Waals surface area contributed by atoms with Crippen molar-refractivity contribution in [3.05, 3.63) is 41.1 Å². The maximum absolute atomic E-state index is 12.9. The first kappa shape index (κ1) is 22.6. The molecule has 0 aliphatic heterocycles. The highest BCUT2D eigenvalue weighted by molar-refractivity contribution is 8.00. The monoisotopic (exact) mass is 466 g/mol. The van der Waals surface area contributed by atoms with Crippen molar-refractivity contribution in [2.45, 2.75) is 62.6 Å². The zero-order valence-corrected chi connectivity index (χ0v) is 19.9. The number of ether oxygens (including phenoxy) is 1. The molecule has 1 aliphatic carbocycles. The summed E-state index contributed by atoms with van der Waals surface area (Å²) >= 11 is 2.75. The van der Waals surface area contributed by atoms with Gasteiger partial charge in [0.2, 0.25) is 5.91 Å². The zero-order valence-electron chi connectivity index (χ0n) is 18.3. The summed E-state index contributed by atoms with van der Waals surface area (Å²) in [4.78, 5) is 22.2. The highest BCUT2D eigenvalue weighted by Crippen LogP contribution is 2.32. The van der Waals surface area contributed by atoms with Crippen molar-refractivity contribution in [1.29, 1.82) is 5.26 Å². The average Bonchev–Trinajstić information content (AvgIpc) is 3.16. The second kappa shape index (κ2) is 10.3. The number of thioether (sulfide) groups is 1. The van der Waals surface area contributed by atoms with Crippen molar-refractivity contribution in [3.63, 3.8) is 0 Å². The largest absolute Gasteiger partial charge is 0.494 e. The number of aryl methyl sites for hydroxylation is 2. The molecule has 32 heavy (non-hydrogen) atoms. The Morgan fingerprint density at radius 1 is 1.25 bits per heavy atom. The lowest BCUT2D eigenvalue weighted by Gasteiger charge is -2.16. The van der Waals surface area contributed by atoms with Gasteiger partial charge < -0.3 is 10.1 Å². The van der Waals surface area contributed by atoms with E-state index in [1.807, 2.05) is 38.1 Å². The number of carbonyl (C=O) groups is 1. The van der Waals surface area contributed by atoms with Crippen LogP contribution < -0.4 is 10.1 Å². The summed E-state index contributed by atoms with van der Waals surface area (Å²) in [6.45, 7) is 4.38. The lowest BCUT2D eigenvalue weighted by atomic mass is 9.96. The molecule has 2 heterocycles. The summed E-state index contributed by atoms with van der Waals surface area (Å²) in [5.41, 5.74) is 3.64. The van der Waals surface area contributed by atoms with E-state index in [0.717, 1.165) is 47.3 Å². The Kier molecular flexibility index (Phi) is 7.28. The molecule has 1 aliphatic rings. The van der Waals surface area contributed by atoms with Gasteiger partial charge in [0.1, 0.15) is 16.8 Å². The number of thiazole rings is 1. The van der Waals surface area contributed by atoms with Crippen LogP contribution in [0.25, 0.3) is 10.2 Å². The number of anilines is 1. The number of hydrogen-bond donors (Lipinski definition) is 1. The van der Waals surface area contributed by atoms with Gasteiger partial charge in [-0.3, -0.25) is 4.79 Å². The Balaban J connectivity index is 1.48. The maximum atomic E-state index is 12.9. The standard InChI is InChI=1S/C24H26N4O2S2/c1-3-30-18-10-11-20-21(13-18)32-24(27-20)28-22(29)15(2)31-23-17(14-25)12-16-8-6-4-5-7-9-19(16)26-23/h10-13,15H,3-9H2,1-2H3,(H,27,28,29). The Hall–Kier alpha value is -2.63. The molecule has 0 bridgehead atoms. The lowest BCUT2D eigenvalue weighted by molar-refractivity contribution is -0.115. The minimum atomic E-state index is -0.410. The van der Waals surface area contributed by atoms with E-state index < -0.39 is 5.25 Å². The van der Waals surface area contributed by atoms with Crippen LogP contribution in [0.5, 0.6) is 5.75 Å². The first-order valence-corrected chi connectivity index (χ1v) is 12.7. The van der Waals surface area contributed by atoms with Crippen LogP contribution in [0.1, 0.15) is 56.4 Å². The number of benzene rings is 1. The third kappa shape index (κ3) is 5.22. The molecule has 8 heteroatoms. The number of amides is 1. The molecular weight excluding hydrogens is 440 g/mol. The second-order valence-corrected chi connectivity index (χ2v) is 10.2. The molecule has 1 unspecified atom stereocenters. The predicted molar refractivity (Wildman–Crippen MR) is 130 cm³/mol. The van der Waals surface area contributed by atoms with Gasteiger partial charge in [-0.25, -0.2) is 9.97 Å². The summed E-state index contributed by atoms with van der Waals surface area (Å²) in [6, 6.07) is 9.96. The average molecular weight is 467 g/mol. The molecule has 2 aromatic heterocycles. The molecule has 0 fully saturated rings. The molecule has 4 rings (SSSR count). The van der Waals surface area contributed by atoms with Crippen LogP contribution in [0.3, 0.4) is 0 Å². The number of aromatic nitrogens is 2. The number of nitrogens with one attached hydrogen (secondary N) is 1. The summed E-state index contributed by atoms with van der Waals surface area (Å²) in [5, 5.41) is 13.4. The van der Waals surface area contributed by atoms with Gasteiger partial charge in [0, 0.05) is 5.69 Å². The summed E-state index contributed by atoms with van der Waals surface area (Å²) in [5.74, 6) is 0.635. The highest BCUT2D eigenvalue weighted by Gasteiger charge is 2.21. The van der Waals surface area contributed by atoms with Gasteiger partial charge in [-0.1, -0.05) is 35.9 Å². The van der Waals surface area contributed by atoms with Crippen LogP contribution in [0.2, 0.25) is 0 Å². The van der Waals surface area contributed by atoms with Crippen molar-refractivity contribution in [2.75, 3.05) is 11.9 Å². The van der Waals surface area contributed by atoms with Crippen molar-refractivity contribution >= 4 is 44.4 Å². The van der Waals surface area contributed by atoms with Crippen LogP contribution >= 0.6 is 23.1 Å². The van der Waals surface area contributed by atoms with Crippen molar-refractivity contribution < 1.29 is 9.53 Å². The van der Waals surface area contributed by atoms with Crippen LogP contribution in [0, 0.1) is 11.3 Å². The number of hydrogen-bond acceptors (Lipinski definition) is 7. The van der Waals surface area contributed by atoms with Crippen molar-refractivity contribution in [3.8, 4) is 11.8 Å². The van der Waals surface area contributed by atoms with Crippen molar-refractivity contribution in [1.82, 2.24) is 9.97 Å². The molecule has 0 saturated carbocycles. The fraction of sp³-hybridized carbons (Fsp3) is 0.417. The first-order chi connectivity index (χ1) is 15.6. The van der Waals surface area contributed by atoms with Crippen LogP contribution in [0.4, 0.5) is 5.13 Å². The fourth-order valence-electron chi connectivity index (χ4n) is 3.78. The smallest absolute Gasteiger partial charge is 0.239 e. The Morgan fingerprint density at radius 2 is 2.06 bits per heavy atom. The molecule has 1 aromatic carbocycles.